The molecule has 2 nitrogen and oxygen atoms in total. The molecule has 0 amide bonds. The lowest BCUT2D eigenvalue weighted by Crippen LogP contribution is -2.06. The van der Waals surface area contributed by atoms with Crippen molar-refractivity contribution in [3.05, 3.63) is 23.3 Å². The SMILES string of the molecule is Nc1ccc(N)c2c1CCCCCC2. The van der Waals surface area contributed by atoms with Gasteiger partial charge in [-0.1, -0.05) is 12.8 Å². The number of fused-ring (bicyclic) bond motifs is 1. The molecule has 14 heavy (non-hydrogen) atoms. The van der Waals surface area contributed by atoms with E-state index in [0.717, 1.165) is 24.2 Å². The molecule has 0 radical (unpaired) electrons. The Labute approximate surface area is 85.3 Å². The molecule has 0 unspecified atom stereocenters. The van der Waals surface area contributed by atoms with Crippen LogP contribution in [0.2, 0.25) is 0 Å². The van der Waals surface area contributed by atoms with Gasteiger partial charge in [-0.15, -0.1) is 0 Å². The molecule has 0 aromatic heterocycles. The van der Waals surface area contributed by atoms with Crippen LogP contribution in [0, 0.1) is 0 Å². The zero-order valence-corrected chi connectivity index (χ0v) is 8.55. The van der Waals surface area contributed by atoms with Gasteiger partial charge in [-0.3, -0.25) is 0 Å². The Bertz CT molecular complexity index is 298. The number of rotatable bonds is 0. The fraction of sp³-hybridized carbons (Fsp3) is 0.500. The van der Waals surface area contributed by atoms with Crippen LogP contribution < -0.4 is 11.5 Å². The number of nitrogens with two attached hydrogens (primary N) is 2. The van der Waals surface area contributed by atoms with Gasteiger partial charge < -0.3 is 11.5 Å². The molecule has 0 heterocycles. The molecule has 0 atom stereocenters. The Morgan fingerprint density at radius 2 is 1.14 bits per heavy atom. The van der Waals surface area contributed by atoms with Crippen molar-refractivity contribution in [1.82, 2.24) is 0 Å². The van der Waals surface area contributed by atoms with Crippen molar-refractivity contribution in [2.75, 3.05) is 11.5 Å². The number of anilines is 2. The fourth-order valence-electron chi connectivity index (χ4n) is 2.28. The van der Waals surface area contributed by atoms with Gasteiger partial charge in [0.25, 0.3) is 0 Å². The average molecular weight is 190 g/mol. The maximum atomic E-state index is 5.98. The normalized spacial score (nSPS) is 16.9. The second kappa shape index (κ2) is 3.91. The smallest absolute Gasteiger partial charge is 0.0350 e. The molecule has 0 bridgehead atoms. The summed E-state index contributed by atoms with van der Waals surface area (Å²) in [7, 11) is 0. The minimum atomic E-state index is 0.927. The lowest BCUT2D eigenvalue weighted by molar-refractivity contribution is 0.618. The van der Waals surface area contributed by atoms with Gasteiger partial charge in [0.15, 0.2) is 0 Å². The molecule has 2 heteroatoms. The average Bonchev–Trinajstić information content (AvgIpc) is 2.11. The molecule has 1 aromatic carbocycles. The molecule has 1 aliphatic rings. The van der Waals surface area contributed by atoms with Gasteiger partial charge in [0, 0.05) is 11.4 Å². The first-order valence-electron chi connectivity index (χ1n) is 5.45. The third-order valence-corrected chi connectivity index (χ3v) is 3.11. The van der Waals surface area contributed by atoms with Crippen LogP contribution in [0.1, 0.15) is 36.8 Å². The summed E-state index contributed by atoms with van der Waals surface area (Å²) in [6.45, 7) is 0. The molecular weight excluding hydrogens is 172 g/mol. The van der Waals surface area contributed by atoms with Gasteiger partial charge in [-0.2, -0.15) is 0 Å². The van der Waals surface area contributed by atoms with E-state index in [2.05, 4.69) is 0 Å². The lowest BCUT2D eigenvalue weighted by atomic mass is 9.91. The molecule has 1 aromatic rings. The number of hydrogen-bond acceptors (Lipinski definition) is 2. The maximum Gasteiger partial charge on any atom is 0.0350 e. The van der Waals surface area contributed by atoms with Crippen LogP contribution in [0.5, 0.6) is 0 Å². The highest BCUT2D eigenvalue weighted by atomic mass is 14.6. The number of nitrogen functional groups attached to an aromatic ring is 2. The first-order chi connectivity index (χ1) is 6.79. The largest absolute Gasteiger partial charge is 0.398 e. The predicted octanol–water partition coefficient (Wildman–Crippen LogP) is 2.51. The number of hydrogen-bond donors (Lipinski definition) is 2. The van der Waals surface area contributed by atoms with E-state index in [1.165, 1.54) is 36.8 Å². The standard InChI is InChI=1S/C12H18N2/c13-11-7-8-12(14)10-6-4-2-1-3-5-9(10)11/h7-8H,1-6,13-14H2. The molecule has 0 fully saturated rings. The molecule has 0 aliphatic heterocycles. The summed E-state index contributed by atoms with van der Waals surface area (Å²) in [4.78, 5) is 0. The summed E-state index contributed by atoms with van der Waals surface area (Å²) >= 11 is 0. The van der Waals surface area contributed by atoms with E-state index >= 15 is 0 Å². The molecule has 76 valence electrons. The highest BCUT2D eigenvalue weighted by Gasteiger charge is 2.11. The maximum absolute atomic E-state index is 5.98. The van der Waals surface area contributed by atoms with Crippen LogP contribution in [0.25, 0.3) is 0 Å². The Hall–Kier alpha value is -1.18. The Kier molecular flexibility index (Phi) is 2.62. The minimum absolute atomic E-state index is 0.927. The van der Waals surface area contributed by atoms with Gasteiger partial charge in [0.2, 0.25) is 0 Å². The summed E-state index contributed by atoms with van der Waals surface area (Å²) in [6, 6.07) is 3.88. The molecule has 4 N–H and O–H groups in total. The van der Waals surface area contributed by atoms with Crippen LogP contribution in [-0.2, 0) is 12.8 Å². The van der Waals surface area contributed by atoms with Crippen LogP contribution in [0.3, 0.4) is 0 Å². The first kappa shape index (κ1) is 9.38. The highest BCUT2D eigenvalue weighted by molar-refractivity contribution is 5.62. The van der Waals surface area contributed by atoms with Gasteiger partial charge in [0.05, 0.1) is 0 Å². The second-order valence-corrected chi connectivity index (χ2v) is 4.12. The van der Waals surface area contributed by atoms with Crippen molar-refractivity contribution in [2.24, 2.45) is 0 Å². The Morgan fingerprint density at radius 3 is 1.57 bits per heavy atom. The molecule has 0 spiro atoms. The monoisotopic (exact) mass is 190 g/mol. The first-order valence-corrected chi connectivity index (χ1v) is 5.45. The topological polar surface area (TPSA) is 52.0 Å². The van der Waals surface area contributed by atoms with Crippen molar-refractivity contribution >= 4 is 11.4 Å². The Balaban J connectivity index is 2.42. The van der Waals surface area contributed by atoms with Crippen LogP contribution in [-0.4, -0.2) is 0 Å². The second-order valence-electron chi connectivity index (χ2n) is 4.12. The summed E-state index contributed by atoms with van der Waals surface area (Å²) in [5, 5.41) is 0. The van der Waals surface area contributed by atoms with E-state index in [1.54, 1.807) is 0 Å². The van der Waals surface area contributed by atoms with Crippen molar-refractivity contribution in [2.45, 2.75) is 38.5 Å². The molecule has 0 saturated heterocycles. The molecule has 1 aliphatic carbocycles. The van der Waals surface area contributed by atoms with E-state index < -0.39 is 0 Å². The van der Waals surface area contributed by atoms with E-state index in [-0.39, 0.29) is 0 Å². The fourth-order valence-corrected chi connectivity index (χ4v) is 2.28. The third-order valence-electron chi connectivity index (χ3n) is 3.11. The van der Waals surface area contributed by atoms with Crippen LogP contribution >= 0.6 is 0 Å². The molecule has 2 rings (SSSR count). The summed E-state index contributed by atoms with van der Waals surface area (Å²) in [6.07, 6.45) is 7.36. The van der Waals surface area contributed by atoms with E-state index in [0.29, 0.717) is 0 Å². The van der Waals surface area contributed by atoms with Crippen molar-refractivity contribution in [3.8, 4) is 0 Å². The quantitative estimate of drug-likeness (QED) is 0.617. The van der Waals surface area contributed by atoms with Crippen LogP contribution in [0.4, 0.5) is 11.4 Å². The van der Waals surface area contributed by atoms with Gasteiger partial charge in [-0.25, -0.2) is 0 Å². The van der Waals surface area contributed by atoms with Crippen molar-refractivity contribution < 1.29 is 0 Å². The Morgan fingerprint density at radius 1 is 0.714 bits per heavy atom. The highest BCUT2D eigenvalue weighted by Crippen LogP contribution is 2.28. The van der Waals surface area contributed by atoms with Crippen molar-refractivity contribution in [1.29, 1.82) is 0 Å². The lowest BCUT2D eigenvalue weighted by Gasteiger charge is -2.17. The van der Waals surface area contributed by atoms with E-state index in [4.69, 9.17) is 11.5 Å². The number of benzene rings is 1. The van der Waals surface area contributed by atoms with E-state index in [9.17, 15) is 0 Å². The summed E-state index contributed by atoms with van der Waals surface area (Å²) < 4.78 is 0. The summed E-state index contributed by atoms with van der Waals surface area (Å²) in [5.41, 5.74) is 16.4. The summed E-state index contributed by atoms with van der Waals surface area (Å²) in [5.74, 6) is 0. The molecular formula is C12H18N2. The van der Waals surface area contributed by atoms with Gasteiger partial charge >= 0.3 is 0 Å². The molecule has 0 saturated carbocycles. The zero-order valence-electron chi connectivity index (χ0n) is 8.55. The predicted molar refractivity (Wildman–Crippen MR) is 61.1 cm³/mol. The van der Waals surface area contributed by atoms with E-state index in [1.807, 2.05) is 12.1 Å². The minimum Gasteiger partial charge on any atom is -0.398 e. The van der Waals surface area contributed by atoms with Gasteiger partial charge in [-0.05, 0) is 48.9 Å². The zero-order chi connectivity index (χ0) is 9.97. The van der Waals surface area contributed by atoms with Crippen molar-refractivity contribution in [3.63, 3.8) is 0 Å². The third kappa shape index (κ3) is 1.69. The van der Waals surface area contributed by atoms with Crippen LogP contribution in [0.15, 0.2) is 12.1 Å². The van der Waals surface area contributed by atoms with Gasteiger partial charge in [0.1, 0.15) is 0 Å².